The maximum Gasteiger partial charge on any atom is 0.271 e. The summed E-state index contributed by atoms with van der Waals surface area (Å²) in [6.45, 7) is 1.96. The van der Waals surface area contributed by atoms with Gasteiger partial charge in [-0.15, -0.1) is 0 Å². The summed E-state index contributed by atoms with van der Waals surface area (Å²) in [6.07, 6.45) is 1.58. The molecule has 0 atom stereocenters. The van der Waals surface area contributed by atoms with Gasteiger partial charge in [0.2, 0.25) is 0 Å². The van der Waals surface area contributed by atoms with Gasteiger partial charge < -0.3 is 0 Å². The Balaban J connectivity index is 2.01. The van der Waals surface area contributed by atoms with Crippen molar-refractivity contribution in [3.63, 3.8) is 0 Å². The second kappa shape index (κ2) is 5.91. The molecule has 0 aromatic heterocycles. The Kier molecular flexibility index (Phi) is 4.03. The molecule has 0 aliphatic carbocycles. The van der Waals surface area contributed by atoms with E-state index in [4.69, 9.17) is 0 Å². The highest BCUT2D eigenvalue weighted by molar-refractivity contribution is 5.94. The van der Waals surface area contributed by atoms with E-state index >= 15 is 0 Å². The Morgan fingerprint density at radius 1 is 1.16 bits per heavy atom. The van der Waals surface area contributed by atoms with Gasteiger partial charge in [0.15, 0.2) is 0 Å². The zero-order valence-corrected chi connectivity index (χ0v) is 10.4. The molecule has 1 N–H and O–H groups in total. The van der Waals surface area contributed by atoms with Crippen molar-refractivity contribution in [1.82, 2.24) is 5.43 Å². The lowest BCUT2D eigenvalue weighted by Gasteiger charge is -2.00. The van der Waals surface area contributed by atoms with Crippen molar-refractivity contribution < 1.29 is 9.18 Å². The summed E-state index contributed by atoms with van der Waals surface area (Å²) >= 11 is 0. The van der Waals surface area contributed by atoms with E-state index in [1.54, 1.807) is 6.21 Å². The largest absolute Gasteiger partial charge is 0.271 e. The third kappa shape index (κ3) is 3.48. The van der Waals surface area contributed by atoms with Gasteiger partial charge in [0.25, 0.3) is 5.91 Å². The predicted octanol–water partition coefficient (Wildman–Crippen LogP) is 2.90. The third-order valence-corrected chi connectivity index (χ3v) is 2.66. The molecule has 2 rings (SSSR count). The molecule has 0 radical (unpaired) electrons. The van der Waals surface area contributed by atoms with Crippen LogP contribution in [-0.4, -0.2) is 12.1 Å². The highest BCUT2D eigenvalue weighted by atomic mass is 19.1. The number of aryl methyl sites for hydroxylation is 1. The Morgan fingerprint density at radius 2 is 1.84 bits per heavy atom. The molecule has 0 saturated carbocycles. The smallest absolute Gasteiger partial charge is 0.267 e. The number of hydrogen-bond acceptors (Lipinski definition) is 2. The molecule has 1 amide bonds. The van der Waals surface area contributed by atoms with Crippen LogP contribution in [0.5, 0.6) is 0 Å². The normalized spacial score (nSPS) is 10.6. The van der Waals surface area contributed by atoms with Crippen molar-refractivity contribution >= 4 is 12.1 Å². The number of halogens is 1. The molecule has 0 aliphatic rings. The molecular weight excluding hydrogens is 243 g/mol. The summed E-state index contributed by atoms with van der Waals surface area (Å²) in [4.78, 5) is 11.7. The van der Waals surface area contributed by atoms with Gasteiger partial charge in [-0.25, -0.2) is 9.82 Å². The number of hydrogen-bond donors (Lipinski definition) is 1. The topological polar surface area (TPSA) is 41.5 Å². The summed E-state index contributed by atoms with van der Waals surface area (Å²) in [6, 6.07) is 13.0. The van der Waals surface area contributed by atoms with Crippen molar-refractivity contribution in [3.05, 3.63) is 71.0 Å². The molecule has 0 saturated heterocycles. The van der Waals surface area contributed by atoms with E-state index in [0.717, 1.165) is 11.1 Å². The molecule has 2 aromatic carbocycles. The van der Waals surface area contributed by atoms with Crippen LogP contribution in [0.4, 0.5) is 4.39 Å². The number of carbonyl (C=O) groups is 1. The second-order valence-electron chi connectivity index (χ2n) is 4.06. The van der Waals surface area contributed by atoms with Crippen molar-refractivity contribution in [1.29, 1.82) is 0 Å². The molecule has 96 valence electrons. The minimum Gasteiger partial charge on any atom is -0.267 e. The summed E-state index contributed by atoms with van der Waals surface area (Å²) in [7, 11) is 0. The zero-order valence-electron chi connectivity index (χ0n) is 10.4. The van der Waals surface area contributed by atoms with Gasteiger partial charge in [-0.05, 0) is 42.3 Å². The number of benzene rings is 2. The van der Waals surface area contributed by atoms with Crippen LogP contribution in [0.25, 0.3) is 0 Å². The van der Waals surface area contributed by atoms with Crippen LogP contribution in [0, 0.1) is 12.7 Å². The van der Waals surface area contributed by atoms with E-state index in [2.05, 4.69) is 10.5 Å². The average molecular weight is 256 g/mol. The Hall–Kier alpha value is -2.49. The standard InChI is InChI=1S/C15H13FN2O/c1-11-4-2-3-5-13(11)10-17-18-15(19)12-6-8-14(16)9-7-12/h2-10H,1H3,(H,18,19)/b17-10+. The van der Waals surface area contributed by atoms with E-state index in [1.165, 1.54) is 24.3 Å². The molecule has 0 bridgehead atoms. The van der Waals surface area contributed by atoms with Crippen molar-refractivity contribution in [3.8, 4) is 0 Å². The molecule has 0 fully saturated rings. The van der Waals surface area contributed by atoms with Crippen molar-refractivity contribution in [2.24, 2.45) is 5.10 Å². The number of carbonyl (C=O) groups excluding carboxylic acids is 1. The minimum atomic E-state index is -0.375. The maximum absolute atomic E-state index is 12.7. The predicted molar refractivity (Wildman–Crippen MR) is 72.6 cm³/mol. The summed E-state index contributed by atoms with van der Waals surface area (Å²) in [5, 5.41) is 3.88. The Labute approximate surface area is 110 Å². The molecule has 0 heterocycles. The van der Waals surface area contributed by atoms with Gasteiger partial charge in [-0.2, -0.15) is 5.10 Å². The third-order valence-electron chi connectivity index (χ3n) is 2.66. The fourth-order valence-corrected chi connectivity index (χ4v) is 1.56. The van der Waals surface area contributed by atoms with Crippen LogP contribution >= 0.6 is 0 Å². The first-order chi connectivity index (χ1) is 9.16. The first-order valence-electron chi connectivity index (χ1n) is 5.81. The fourth-order valence-electron chi connectivity index (χ4n) is 1.56. The Morgan fingerprint density at radius 3 is 2.53 bits per heavy atom. The van der Waals surface area contributed by atoms with Crippen LogP contribution in [0.1, 0.15) is 21.5 Å². The highest BCUT2D eigenvalue weighted by Crippen LogP contribution is 2.04. The van der Waals surface area contributed by atoms with Crippen LogP contribution in [0.3, 0.4) is 0 Å². The molecule has 0 aliphatic heterocycles. The van der Waals surface area contributed by atoms with Crippen molar-refractivity contribution in [2.75, 3.05) is 0 Å². The van der Waals surface area contributed by atoms with Gasteiger partial charge >= 0.3 is 0 Å². The second-order valence-corrected chi connectivity index (χ2v) is 4.06. The zero-order chi connectivity index (χ0) is 13.7. The fraction of sp³-hybridized carbons (Fsp3) is 0.0667. The van der Waals surface area contributed by atoms with Gasteiger partial charge in [-0.1, -0.05) is 24.3 Å². The molecule has 4 heteroatoms. The van der Waals surface area contributed by atoms with E-state index in [0.29, 0.717) is 5.56 Å². The van der Waals surface area contributed by atoms with E-state index in [1.807, 2.05) is 31.2 Å². The average Bonchev–Trinajstić information content (AvgIpc) is 2.41. The molecule has 2 aromatic rings. The number of nitrogens with one attached hydrogen (secondary N) is 1. The SMILES string of the molecule is Cc1ccccc1/C=N/NC(=O)c1ccc(F)cc1. The first-order valence-corrected chi connectivity index (χ1v) is 5.81. The number of nitrogens with zero attached hydrogens (tertiary/aromatic N) is 1. The quantitative estimate of drug-likeness (QED) is 0.665. The summed E-state index contributed by atoms with van der Waals surface area (Å²) in [5.74, 6) is -0.746. The molecule has 19 heavy (non-hydrogen) atoms. The van der Waals surface area contributed by atoms with E-state index in [9.17, 15) is 9.18 Å². The molecule has 3 nitrogen and oxygen atoms in total. The van der Waals surface area contributed by atoms with Crippen molar-refractivity contribution in [2.45, 2.75) is 6.92 Å². The van der Waals surface area contributed by atoms with Gasteiger partial charge in [0, 0.05) is 5.56 Å². The monoisotopic (exact) mass is 256 g/mol. The van der Waals surface area contributed by atoms with Crippen LogP contribution < -0.4 is 5.43 Å². The maximum atomic E-state index is 12.7. The summed E-state index contributed by atoms with van der Waals surface area (Å²) in [5.41, 5.74) is 4.77. The first kappa shape index (κ1) is 13.0. The van der Waals surface area contributed by atoms with Gasteiger partial charge in [0.05, 0.1) is 6.21 Å². The number of hydrazone groups is 1. The lowest BCUT2D eigenvalue weighted by atomic mass is 10.1. The molecular formula is C15H13FN2O. The minimum absolute atomic E-state index is 0.364. The van der Waals surface area contributed by atoms with Crippen LogP contribution in [0.15, 0.2) is 53.6 Å². The number of rotatable bonds is 3. The lowest BCUT2D eigenvalue weighted by molar-refractivity contribution is 0.0955. The van der Waals surface area contributed by atoms with Crippen LogP contribution in [-0.2, 0) is 0 Å². The molecule has 0 unspecified atom stereocenters. The Bertz CT molecular complexity index is 606. The highest BCUT2D eigenvalue weighted by Gasteiger charge is 2.03. The number of amides is 1. The van der Waals surface area contributed by atoms with Crippen LogP contribution in [0.2, 0.25) is 0 Å². The molecule has 0 spiro atoms. The van der Waals surface area contributed by atoms with Gasteiger partial charge in [-0.3, -0.25) is 4.79 Å². The lowest BCUT2D eigenvalue weighted by Crippen LogP contribution is -2.17. The van der Waals surface area contributed by atoms with E-state index in [-0.39, 0.29) is 11.7 Å². The summed E-state index contributed by atoms with van der Waals surface area (Å²) < 4.78 is 12.7. The van der Waals surface area contributed by atoms with Gasteiger partial charge in [0.1, 0.15) is 5.82 Å². The van der Waals surface area contributed by atoms with E-state index < -0.39 is 0 Å².